The Balaban J connectivity index is 0.000000198. The average Bonchev–Trinajstić information content (AvgIpc) is 4.25. The number of carbonyl (C=O) groups excluding carboxylic acids is 5. The van der Waals surface area contributed by atoms with E-state index in [9.17, 15) is 34.5 Å². The van der Waals surface area contributed by atoms with Gasteiger partial charge in [0.1, 0.15) is 28.4 Å². The van der Waals surface area contributed by atoms with Crippen LogP contribution in [0.5, 0.6) is 0 Å². The van der Waals surface area contributed by atoms with Crippen LogP contribution in [0.25, 0.3) is 11.1 Å². The number of Topliss-reactive ketones (excluding diaryl/α,β-unsaturated/α-hetero) is 2. The minimum Gasteiger partial charge on any atom is -0.444 e. The summed E-state index contributed by atoms with van der Waals surface area (Å²) < 4.78 is 47.1. The zero-order chi connectivity index (χ0) is 58.4. The molecule has 3 amide bonds. The van der Waals surface area contributed by atoms with Crippen molar-refractivity contribution in [3.05, 3.63) is 82.4 Å². The molecule has 4 bridgehead atoms. The lowest BCUT2D eigenvalue weighted by molar-refractivity contribution is -0.127. The largest absolute Gasteiger partial charge is 0.444 e. The van der Waals surface area contributed by atoms with Gasteiger partial charge in [-0.05, 0) is 233 Å². The van der Waals surface area contributed by atoms with E-state index in [0.717, 1.165) is 107 Å². The number of fused-ring (bicyclic) bond motifs is 4. The summed E-state index contributed by atoms with van der Waals surface area (Å²) in [6.45, 7) is 19.8. The zero-order valence-corrected chi connectivity index (χ0v) is 49.1. The first-order valence-corrected chi connectivity index (χ1v) is 29.7. The summed E-state index contributed by atoms with van der Waals surface area (Å²) in [5, 5.41) is 23.1. The van der Waals surface area contributed by atoms with Gasteiger partial charge in [0.25, 0.3) is 0 Å². The minimum atomic E-state index is -0.691. The van der Waals surface area contributed by atoms with Crippen molar-refractivity contribution in [1.29, 1.82) is 10.5 Å². The molecule has 14 nitrogen and oxygen atoms in total. The highest BCUT2D eigenvalue weighted by Crippen LogP contribution is 2.52. The molecule has 2 aromatic carbocycles. The molecule has 81 heavy (non-hydrogen) atoms. The molecule has 0 radical (unpaired) electrons. The van der Waals surface area contributed by atoms with E-state index in [-0.39, 0.29) is 89.7 Å². The number of ether oxygens (including phenoxy) is 3. The molecular formula is C65H84F2N6O8. The summed E-state index contributed by atoms with van der Waals surface area (Å²) in [4.78, 5) is 70.1. The smallest absolute Gasteiger partial charge is 0.411 e. The predicted octanol–water partition coefficient (Wildman–Crippen LogP) is 12.5. The van der Waals surface area contributed by atoms with E-state index in [1.54, 1.807) is 53.7 Å². The second-order valence-electron chi connectivity index (χ2n) is 27.8. The van der Waals surface area contributed by atoms with Gasteiger partial charge < -0.3 is 24.4 Å². The van der Waals surface area contributed by atoms with Crippen molar-refractivity contribution < 1.29 is 47.0 Å². The van der Waals surface area contributed by atoms with Crippen LogP contribution in [0, 0.1) is 68.8 Å². The molecule has 0 unspecified atom stereocenters. The van der Waals surface area contributed by atoms with Gasteiger partial charge in [-0.2, -0.15) is 10.5 Å². The van der Waals surface area contributed by atoms with Crippen molar-refractivity contribution in [1.82, 2.24) is 20.0 Å². The highest BCUT2D eigenvalue weighted by atomic mass is 19.1. The number of nitrogens with zero attached hydrogens (tertiary/aromatic N) is 5. The zero-order valence-electron chi connectivity index (χ0n) is 49.1. The monoisotopic (exact) mass is 1110 g/mol. The molecule has 16 heteroatoms. The Morgan fingerprint density at radius 1 is 0.605 bits per heavy atom. The molecule has 6 fully saturated rings. The number of amides is 3. The van der Waals surface area contributed by atoms with Gasteiger partial charge in [-0.3, -0.25) is 19.4 Å². The lowest BCUT2D eigenvalue weighted by atomic mass is 9.64. The van der Waals surface area contributed by atoms with E-state index in [4.69, 9.17) is 14.2 Å². The number of allylic oxidation sites excluding steroid dienone is 4. The number of benzene rings is 2. The summed E-state index contributed by atoms with van der Waals surface area (Å²) in [7, 11) is 0. The van der Waals surface area contributed by atoms with Crippen LogP contribution < -0.4 is 5.32 Å². The van der Waals surface area contributed by atoms with Crippen molar-refractivity contribution in [2.75, 3.05) is 26.2 Å². The number of rotatable bonds is 12. The number of hydrogen-bond donors (Lipinski definition) is 1. The Hall–Kier alpha value is -6.13. The number of nitrogens with one attached hydrogen (secondary N) is 1. The lowest BCUT2D eigenvalue weighted by Gasteiger charge is -2.46. The van der Waals surface area contributed by atoms with Gasteiger partial charge in [-0.25, -0.2) is 23.2 Å². The van der Waals surface area contributed by atoms with Crippen molar-refractivity contribution in [3.8, 4) is 12.1 Å². The van der Waals surface area contributed by atoms with E-state index in [0.29, 0.717) is 24.2 Å². The van der Waals surface area contributed by atoms with Crippen LogP contribution in [0.15, 0.2) is 48.6 Å². The molecule has 4 aliphatic heterocycles. The molecule has 10 rings (SSSR count). The summed E-state index contributed by atoms with van der Waals surface area (Å²) in [6, 6.07) is 13.7. The van der Waals surface area contributed by atoms with Gasteiger partial charge in [0, 0.05) is 38.0 Å². The second kappa shape index (κ2) is 23.3. The minimum absolute atomic E-state index is 0.00653. The molecule has 4 saturated heterocycles. The highest BCUT2D eigenvalue weighted by Gasteiger charge is 2.54. The number of hydrogen-bond acceptors (Lipinski definition) is 11. The molecule has 8 aliphatic rings. The van der Waals surface area contributed by atoms with Crippen LogP contribution in [0.4, 0.5) is 23.2 Å². The van der Waals surface area contributed by atoms with E-state index in [1.165, 1.54) is 11.6 Å². The Morgan fingerprint density at radius 3 is 1.36 bits per heavy atom. The van der Waals surface area contributed by atoms with Gasteiger partial charge in [0.15, 0.2) is 11.6 Å². The molecule has 2 spiro atoms. The summed E-state index contributed by atoms with van der Waals surface area (Å²) in [5.74, 6) is -2.11. The molecule has 4 aliphatic carbocycles. The highest BCUT2D eigenvalue weighted by molar-refractivity contribution is 5.90. The van der Waals surface area contributed by atoms with Gasteiger partial charge >= 0.3 is 18.3 Å². The number of halogens is 2. The third-order valence-electron chi connectivity index (χ3n) is 18.1. The maximum Gasteiger partial charge on any atom is 0.411 e. The van der Waals surface area contributed by atoms with Crippen LogP contribution in [0.1, 0.15) is 174 Å². The van der Waals surface area contributed by atoms with Crippen molar-refractivity contribution in [2.24, 2.45) is 34.5 Å². The SMILES string of the molecule is CC(C)(C)OC(=O)N1CCC2(C=C(c3ccc(C[C@@H](C#N)CC(=O)[C@@H]4[C@H]5CC[C@H](C5)N4C(=O)OC(C)(C)C)c(F)c3)C2)CC1.CC(C)(C)OC(=O)N1[C@@H]2CC[C@@H](C2)[C@H]1C(=O)C[C@H](C#N)Cc1ccc(C2=CC3(CCNCC3)C2)cc1F. The third-order valence-corrected chi connectivity index (χ3v) is 18.1. The molecule has 436 valence electrons. The fraction of sp³-hybridized carbons (Fsp3) is 0.646. The van der Waals surface area contributed by atoms with Crippen molar-refractivity contribution in [3.63, 3.8) is 0 Å². The van der Waals surface area contributed by atoms with Gasteiger partial charge in [-0.15, -0.1) is 0 Å². The lowest BCUT2D eigenvalue weighted by Crippen LogP contribution is -2.51. The third kappa shape index (κ3) is 13.7. The van der Waals surface area contributed by atoms with Crippen LogP contribution in [-0.2, 0) is 36.6 Å². The summed E-state index contributed by atoms with van der Waals surface area (Å²) >= 11 is 0. The molecule has 2 aromatic rings. The van der Waals surface area contributed by atoms with Crippen LogP contribution in [-0.4, -0.2) is 112 Å². The molecular weight excluding hydrogens is 1030 g/mol. The van der Waals surface area contributed by atoms with Crippen molar-refractivity contribution in [2.45, 2.75) is 206 Å². The predicted molar refractivity (Wildman–Crippen MR) is 303 cm³/mol. The first kappa shape index (κ1) is 59.5. The first-order chi connectivity index (χ1) is 38.1. The second-order valence-corrected chi connectivity index (χ2v) is 27.8. The van der Waals surface area contributed by atoms with Gasteiger partial charge in [0.05, 0.1) is 36.1 Å². The van der Waals surface area contributed by atoms with E-state index in [1.807, 2.05) is 53.7 Å². The molecule has 0 aromatic heterocycles. The Morgan fingerprint density at radius 2 is 0.988 bits per heavy atom. The number of carbonyl (C=O) groups is 5. The van der Waals surface area contributed by atoms with Gasteiger partial charge in [-0.1, -0.05) is 36.4 Å². The number of nitriles is 2. The Labute approximate surface area is 478 Å². The van der Waals surface area contributed by atoms with Crippen LogP contribution >= 0.6 is 0 Å². The number of likely N-dealkylation sites (tertiary alicyclic amines) is 3. The molecule has 4 heterocycles. The van der Waals surface area contributed by atoms with Crippen LogP contribution in [0.2, 0.25) is 0 Å². The fourth-order valence-corrected chi connectivity index (χ4v) is 14.2. The Bertz CT molecular complexity index is 2910. The fourth-order valence-electron chi connectivity index (χ4n) is 14.2. The average molecular weight is 1120 g/mol. The van der Waals surface area contributed by atoms with E-state index >= 15 is 8.78 Å². The van der Waals surface area contributed by atoms with Crippen molar-refractivity contribution >= 4 is 41.0 Å². The quantitative estimate of drug-likeness (QED) is 0.200. The van der Waals surface area contributed by atoms with E-state index < -0.39 is 52.9 Å². The van der Waals surface area contributed by atoms with Crippen LogP contribution in [0.3, 0.4) is 0 Å². The molecule has 8 atom stereocenters. The molecule has 2 saturated carbocycles. The van der Waals surface area contributed by atoms with E-state index in [2.05, 4.69) is 29.6 Å². The topological polar surface area (TPSA) is 182 Å². The standard InChI is InChI=1S/C35H46FN3O5.C30H38FN3O3/c1-33(2,3)43-31(41)38-13-11-35(12-14-38)19-26(20-35)23-7-8-24(28(36)18-23)15-22(21-37)16-29(40)30-25-9-10-27(17-25)39(30)32(42)44-34(4,5)6;1-29(2,3)37-28(36)34-24-7-6-22(14-24)27(34)26(35)13-19(18-32)12-21-5-4-20(15-25(21)31)23-16-30(17-23)8-10-33-11-9-30/h7-8,18-19,22,25,27,30H,9-17,20H2,1-6H3;4-5,15-16,19,22,24,27,33H,6-14,17H2,1-3H3/t22-,25+,27-,30+;19-,22+,24-,27+/m11/s1. The summed E-state index contributed by atoms with van der Waals surface area (Å²) in [5.41, 5.74) is 3.35. The number of ketones is 2. The molecule has 1 N–H and O–H groups in total. The maximum atomic E-state index is 15.3. The number of piperidine rings is 4. The maximum absolute atomic E-state index is 15.3. The Kier molecular flexibility index (Phi) is 17.1. The first-order valence-electron chi connectivity index (χ1n) is 29.7. The summed E-state index contributed by atoms with van der Waals surface area (Å²) in [6.07, 6.45) is 14.5. The van der Waals surface area contributed by atoms with Gasteiger partial charge in [0.2, 0.25) is 0 Å². The normalized spacial score (nSPS) is 25.7.